The number of nitrogens with one attached hydrogen (secondary N) is 1. The zero-order valence-electron chi connectivity index (χ0n) is 10.2. The van der Waals surface area contributed by atoms with E-state index in [9.17, 15) is 4.21 Å². The quantitative estimate of drug-likeness (QED) is 0.686. The lowest BCUT2D eigenvalue weighted by Crippen LogP contribution is -2.38. The monoisotopic (exact) mass is 309 g/mol. The summed E-state index contributed by atoms with van der Waals surface area (Å²) in [7, 11) is -1.17. The van der Waals surface area contributed by atoms with E-state index in [0.29, 0.717) is 22.1 Å². The van der Waals surface area contributed by atoms with Crippen LogP contribution in [-0.2, 0) is 10.8 Å². The maximum atomic E-state index is 12.1. The highest BCUT2D eigenvalue weighted by Gasteiger charge is 2.18. The van der Waals surface area contributed by atoms with Crippen LogP contribution in [0.1, 0.15) is 25.0 Å². The predicted octanol–water partition coefficient (Wildman–Crippen LogP) is 2.11. The number of halogens is 2. The maximum Gasteiger partial charge on any atom is 0.220 e. The zero-order valence-corrected chi connectivity index (χ0v) is 12.6. The van der Waals surface area contributed by atoms with Crippen LogP contribution in [-0.4, -0.2) is 32.5 Å². The minimum atomic E-state index is -1.17. The molecule has 2 rings (SSSR count). The Morgan fingerprint density at radius 2 is 2.28 bits per heavy atom. The van der Waals surface area contributed by atoms with Gasteiger partial charge in [0.15, 0.2) is 0 Å². The van der Waals surface area contributed by atoms with E-state index < -0.39 is 10.8 Å². The number of aryl methyl sites for hydroxylation is 1. The molecule has 2 heterocycles. The minimum Gasteiger partial charge on any atom is -0.313 e. The normalized spacial score (nSPS) is 21.1. The Labute approximate surface area is 121 Å². The molecule has 0 spiro atoms. The highest BCUT2D eigenvalue weighted by atomic mass is 35.5. The molecule has 1 aliphatic rings. The number of rotatable bonds is 3. The fourth-order valence-corrected chi connectivity index (χ4v) is 3.46. The van der Waals surface area contributed by atoms with Crippen molar-refractivity contribution < 1.29 is 4.21 Å². The maximum absolute atomic E-state index is 12.1. The molecule has 0 bridgehead atoms. The van der Waals surface area contributed by atoms with Gasteiger partial charge in [0.1, 0.15) is 5.15 Å². The van der Waals surface area contributed by atoms with Crippen LogP contribution < -0.4 is 5.32 Å². The third-order valence-electron chi connectivity index (χ3n) is 2.77. The molecule has 0 amide bonds. The number of hydrogen-bond acceptors (Lipinski definition) is 4. The first-order valence-corrected chi connectivity index (χ1v) is 7.48. The van der Waals surface area contributed by atoms with Crippen molar-refractivity contribution in [2.45, 2.75) is 37.4 Å². The van der Waals surface area contributed by atoms with Crippen LogP contribution in [0.15, 0.2) is 11.2 Å². The Hall–Kier alpha value is -0.230. The van der Waals surface area contributed by atoms with E-state index in [4.69, 9.17) is 11.6 Å². The van der Waals surface area contributed by atoms with Crippen LogP contribution in [0, 0.1) is 6.92 Å². The SMILES string of the molecule is Cc1cc(Cl)nc(S(=O)CC2CCCCN2)n1.Cl. The molecule has 102 valence electrons. The molecule has 1 saturated heterocycles. The Balaban J connectivity index is 0.00000162. The van der Waals surface area contributed by atoms with E-state index in [0.717, 1.165) is 18.7 Å². The third kappa shape index (κ3) is 4.46. The smallest absolute Gasteiger partial charge is 0.220 e. The molecule has 0 saturated carbocycles. The van der Waals surface area contributed by atoms with Crippen molar-refractivity contribution in [2.75, 3.05) is 12.3 Å². The highest BCUT2D eigenvalue weighted by molar-refractivity contribution is 7.84. The number of hydrogen-bond donors (Lipinski definition) is 1. The van der Waals surface area contributed by atoms with Gasteiger partial charge in [0.2, 0.25) is 5.16 Å². The standard InChI is InChI=1S/C11H16ClN3OS.ClH/c1-8-6-10(12)15-11(14-8)17(16)7-9-4-2-3-5-13-9;/h6,9,13H,2-5,7H2,1H3;1H. The summed E-state index contributed by atoms with van der Waals surface area (Å²) in [4.78, 5) is 8.20. The van der Waals surface area contributed by atoms with Crippen LogP contribution in [0.2, 0.25) is 5.15 Å². The number of piperidine rings is 1. The van der Waals surface area contributed by atoms with E-state index in [1.165, 1.54) is 12.8 Å². The van der Waals surface area contributed by atoms with Crippen molar-refractivity contribution in [3.8, 4) is 0 Å². The zero-order chi connectivity index (χ0) is 12.3. The van der Waals surface area contributed by atoms with Gasteiger partial charge in [0, 0.05) is 17.5 Å². The fourth-order valence-electron chi connectivity index (χ4n) is 1.93. The second-order valence-electron chi connectivity index (χ2n) is 4.27. The van der Waals surface area contributed by atoms with Crippen molar-refractivity contribution in [3.05, 3.63) is 16.9 Å². The van der Waals surface area contributed by atoms with Crippen LogP contribution in [0.5, 0.6) is 0 Å². The molecule has 0 radical (unpaired) electrons. The molecule has 1 aliphatic heterocycles. The number of nitrogens with zero attached hydrogens (tertiary/aromatic N) is 2. The van der Waals surface area contributed by atoms with Crippen molar-refractivity contribution in [1.82, 2.24) is 15.3 Å². The van der Waals surface area contributed by atoms with Gasteiger partial charge in [-0.25, -0.2) is 9.97 Å². The van der Waals surface area contributed by atoms with Gasteiger partial charge in [-0.3, -0.25) is 4.21 Å². The summed E-state index contributed by atoms with van der Waals surface area (Å²) < 4.78 is 12.1. The van der Waals surface area contributed by atoms with E-state index >= 15 is 0 Å². The molecule has 4 nitrogen and oxygen atoms in total. The van der Waals surface area contributed by atoms with Crippen LogP contribution >= 0.6 is 24.0 Å². The molecule has 0 aromatic carbocycles. The summed E-state index contributed by atoms with van der Waals surface area (Å²) in [6.07, 6.45) is 3.48. The van der Waals surface area contributed by atoms with Gasteiger partial charge in [-0.15, -0.1) is 12.4 Å². The summed E-state index contributed by atoms with van der Waals surface area (Å²) in [6.45, 7) is 2.84. The first-order chi connectivity index (χ1) is 8.15. The van der Waals surface area contributed by atoms with E-state index in [-0.39, 0.29) is 12.4 Å². The molecule has 2 unspecified atom stereocenters. The van der Waals surface area contributed by atoms with Gasteiger partial charge in [0.25, 0.3) is 0 Å². The van der Waals surface area contributed by atoms with E-state index in [2.05, 4.69) is 15.3 Å². The van der Waals surface area contributed by atoms with Gasteiger partial charge in [0.05, 0.1) is 10.8 Å². The van der Waals surface area contributed by atoms with Crippen molar-refractivity contribution in [2.24, 2.45) is 0 Å². The average molecular weight is 310 g/mol. The molecule has 2 atom stereocenters. The molecular formula is C11H17Cl2N3OS. The highest BCUT2D eigenvalue weighted by Crippen LogP contribution is 2.13. The lowest BCUT2D eigenvalue weighted by atomic mass is 10.1. The van der Waals surface area contributed by atoms with Gasteiger partial charge in [-0.05, 0) is 32.4 Å². The largest absolute Gasteiger partial charge is 0.313 e. The topological polar surface area (TPSA) is 54.9 Å². The van der Waals surface area contributed by atoms with Crippen LogP contribution in [0.3, 0.4) is 0 Å². The Bertz CT molecular complexity index is 404. The summed E-state index contributed by atoms with van der Waals surface area (Å²) >= 11 is 5.84. The lowest BCUT2D eigenvalue weighted by molar-refractivity contribution is 0.427. The summed E-state index contributed by atoms with van der Waals surface area (Å²) in [6, 6.07) is 1.98. The molecule has 0 aliphatic carbocycles. The summed E-state index contributed by atoms with van der Waals surface area (Å²) in [5.41, 5.74) is 0.755. The van der Waals surface area contributed by atoms with Crippen molar-refractivity contribution in [3.63, 3.8) is 0 Å². The van der Waals surface area contributed by atoms with Crippen molar-refractivity contribution >= 4 is 34.8 Å². The second-order valence-corrected chi connectivity index (χ2v) is 6.05. The fraction of sp³-hybridized carbons (Fsp3) is 0.636. The number of aromatic nitrogens is 2. The van der Waals surface area contributed by atoms with Crippen LogP contribution in [0.25, 0.3) is 0 Å². The van der Waals surface area contributed by atoms with Crippen LogP contribution in [0.4, 0.5) is 0 Å². The minimum absolute atomic E-state index is 0. The summed E-state index contributed by atoms with van der Waals surface area (Å²) in [5, 5.41) is 4.08. The first-order valence-electron chi connectivity index (χ1n) is 5.78. The third-order valence-corrected chi connectivity index (χ3v) is 4.26. The molecule has 1 fully saturated rings. The van der Waals surface area contributed by atoms with Gasteiger partial charge in [-0.2, -0.15) is 0 Å². The van der Waals surface area contributed by atoms with Crippen molar-refractivity contribution in [1.29, 1.82) is 0 Å². The second kappa shape index (κ2) is 7.38. The van der Waals surface area contributed by atoms with E-state index in [1.54, 1.807) is 6.07 Å². The molecule has 1 N–H and O–H groups in total. The van der Waals surface area contributed by atoms with E-state index in [1.807, 2.05) is 6.92 Å². The first kappa shape index (κ1) is 15.8. The summed E-state index contributed by atoms with van der Waals surface area (Å²) in [5.74, 6) is 0.569. The lowest BCUT2D eigenvalue weighted by Gasteiger charge is -2.22. The molecule has 18 heavy (non-hydrogen) atoms. The van der Waals surface area contributed by atoms with Gasteiger partial charge >= 0.3 is 0 Å². The molecule has 1 aromatic rings. The molecule has 1 aromatic heterocycles. The molecule has 7 heteroatoms. The Morgan fingerprint density at radius 1 is 1.50 bits per heavy atom. The Morgan fingerprint density at radius 3 is 2.89 bits per heavy atom. The average Bonchev–Trinajstić information content (AvgIpc) is 2.29. The predicted molar refractivity (Wildman–Crippen MR) is 75.9 cm³/mol. The molecular weight excluding hydrogens is 293 g/mol. The van der Waals surface area contributed by atoms with Gasteiger partial charge in [-0.1, -0.05) is 18.0 Å². The Kier molecular flexibility index (Phi) is 6.49. The van der Waals surface area contributed by atoms with Gasteiger partial charge < -0.3 is 5.32 Å².